The SMILES string of the molecule is N#Cc1ccc(-n2cnc(NS(=O)(=O)CCc3ccccc3)n2)cc1. The Morgan fingerprint density at radius 1 is 1.08 bits per heavy atom. The van der Waals surface area contributed by atoms with E-state index in [2.05, 4.69) is 14.8 Å². The van der Waals surface area contributed by atoms with E-state index in [0.717, 1.165) is 5.56 Å². The van der Waals surface area contributed by atoms with Crippen LogP contribution in [0, 0.1) is 11.3 Å². The molecule has 2 aromatic carbocycles. The fraction of sp³-hybridized carbons (Fsp3) is 0.118. The quantitative estimate of drug-likeness (QED) is 0.731. The van der Waals surface area contributed by atoms with Crippen molar-refractivity contribution in [2.45, 2.75) is 6.42 Å². The minimum absolute atomic E-state index is 0.0115. The Hall–Kier alpha value is -3.18. The van der Waals surface area contributed by atoms with E-state index in [1.54, 1.807) is 24.3 Å². The number of nitrogens with zero attached hydrogens (tertiary/aromatic N) is 4. The number of hydrogen-bond acceptors (Lipinski definition) is 5. The molecule has 0 saturated heterocycles. The molecule has 0 amide bonds. The third-order valence-corrected chi connectivity index (χ3v) is 4.74. The third kappa shape index (κ3) is 4.43. The highest BCUT2D eigenvalue weighted by atomic mass is 32.2. The molecule has 0 fully saturated rings. The summed E-state index contributed by atoms with van der Waals surface area (Å²) in [7, 11) is -3.54. The summed E-state index contributed by atoms with van der Waals surface area (Å²) in [6.07, 6.45) is 1.82. The first-order valence-electron chi connectivity index (χ1n) is 7.52. The van der Waals surface area contributed by atoms with Crippen LogP contribution in [0.3, 0.4) is 0 Å². The van der Waals surface area contributed by atoms with Gasteiger partial charge in [-0.3, -0.25) is 0 Å². The summed E-state index contributed by atoms with van der Waals surface area (Å²) in [6, 6.07) is 18.1. The average molecular weight is 353 g/mol. The molecule has 0 aliphatic carbocycles. The van der Waals surface area contributed by atoms with Crippen molar-refractivity contribution in [1.82, 2.24) is 14.8 Å². The highest BCUT2D eigenvalue weighted by molar-refractivity contribution is 7.92. The van der Waals surface area contributed by atoms with Crippen molar-refractivity contribution in [3.8, 4) is 11.8 Å². The predicted octanol–water partition coefficient (Wildman–Crippen LogP) is 2.12. The van der Waals surface area contributed by atoms with E-state index in [-0.39, 0.29) is 11.7 Å². The summed E-state index contributed by atoms with van der Waals surface area (Å²) in [5.74, 6) is -0.0417. The summed E-state index contributed by atoms with van der Waals surface area (Å²) >= 11 is 0. The maximum atomic E-state index is 12.2. The number of sulfonamides is 1. The van der Waals surface area contributed by atoms with Gasteiger partial charge in [-0.1, -0.05) is 30.3 Å². The number of hydrogen-bond donors (Lipinski definition) is 1. The molecule has 126 valence electrons. The zero-order valence-corrected chi connectivity index (χ0v) is 14.0. The molecular formula is C17H15N5O2S. The first-order valence-corrected chi connectivity index (χ1v) is 9.17. The summed E-state index contributed by atoms with van der Waals surface area (Å²) in [5.41, 5.74) is 2.16. The smallest absolute Gasteiger partial charge is 0.250 e. The van der Waals surface area contributed by atoms with Crippen LogP contribution in [0.1, 0.15) is 11.1 Å². The molecule has 1 aromatic heterocycles. The van der Waals surface area contributed by atoms with Crippen LogP contribution < -0.4 is 4.72 Å². The molecular weight excluding hydrogens is 338 g/mol. The molecule has 3 aromatic rings. The lowest BCUT2D eigenvalue weighted by Gasteiger charge is -2.05. The van der Waals surface area contributed by atoms with Crippen LogP contribution in [0.25, 0.3) is 5.69 Å². The second kappa shape index (κ2) is 7.15. The van der Waals surface area contributed by atoms with Crippen molar-refractivity contribution in [1.29, 1.82) is 5.26 Å². The zero-order valence-electron chi connectivity index (χ0n) is 13.2. The van der Waals surface area contributed by atoms with Gasteiger partial charge in [0.2, 0.25) is 10.0 Å². The molecule has 1 N–H and O–H groups in total. The van der Waals surface area contributed by atoms with Crippen LogP contribution in [0.2, 0.25) is 0 Å². The second-order valence-electron chi connectivity index (χ2n) is 5.33. The standard InChI is InChI=1S/C17H15N5O2S/c18-12-15-6-8-16(9-7-15)22-13-19-17(20-22)21-25(23,24)11-10-14-4-2-1-3-5-14/h1-9,13H,10-11H2,(H,20,21). The zero-order chi connectivity index (χ0) is 17.7. The Morgan fingerprint density at radius 3 is 2.48 bits per heavy atom. The Bertz CT molecular complexity index is 990. The summed E-state index contributed by atoms with van der Waals surface area (Å²) < 4.78 is 28.2. The van der Waals surface area contributed by atoms with Gasteiger partial charge < -0.3 is 0 Å². The van der Waals surface area contributed by atoms with Crippen molar-refractivity contribution in [2.75, 3.05) is 10.5 Å². The molecule has 0 bridgehead atoms. The van der Waals surface area contributed by atoms with Gasteiger partial charge in [0.05, 0.1) is 23.1 Å². The maximum Gasteiger partial charge on any atom is 0.256 e. The van der Waals surface area contributed by atoms with Crippen molar-refractivity contribution in [2.24, 2.45) is 0 Å². The molecule has 0 spiro atoms. The second-order valence-corrected chi connectivity index (χ2v) is 7.17. The van der Waals surface area contributed by atoms with Gasteiger partial charge in [0.25, 0.3) is 5.95 Å². The molecule has 0 atom stereocenters. The number of aryl methyl sites for hydroxylation is 1. The molecule has 0 aliphatic rings. The number of nitriles is 1. The third-order valence-electron chi connectivity index (χ3n) is 3.50. The van der Waals surface area contributed by atoms with Crippen LogP contribution in [0.15, 0.2) is 60.9 Å². The van der Waals surface area contributed by atoms with E-state index < -0.39 is 10.0 Å². The van der Waals surface area contributed by atoms with Gasteiger partial charge in [0.15, 0.2) is 0 Å². The molecule has 8 heteroatoms. The Morgan fingerprint density at radius 2 is 1.80 bits per heavy atom. The van der Waals surface area contributed by atoms with Crippen LogP contribution in [-0.2, 0) is 16.4 Å². The lowest BCUT2D eigenvalue weighted by atomic mass is 10.2. The molecule has 0 unspecified atom stereocenters. The number of rotatable bonds is 6. The highest BCUT2D eigenvalue weighted by Gasteiger charge is 2.14. The van der Waals surface area contributed by atoms with Gasteiger partial charge in [-0.05, 0) is 36.2 Å². The summed E-state index contributed by atoms with van der Waals surface area (Å²) in [4.78, 5) is 3.97. The molecule has 3 rings (SSSR count). The van der Waals surface area contributed by atoms with Gasteiger partial charge in [0, 0.05) is 0 Å². The Labute approximate surface area is 145 Å². The number of benzene rings is 2. The lowest BCUT2D eigenvalue weighted by Crippen LogP contribution is -2.19. The van der Waals surface area contributed by atoms with Gasteiger partial charge >= 0.3 is 0 Å². The van der Waals surface area contributed by atoms with Gasteiger partial charge in [-0.25, -0.2) is 17.8 Å². The van der Waals surface area contributed by atoms with Crippen molar-refractivity contribution in [3.63, 3.8) is 0 Å². The van der Waals surface area contributed by atoms with Crippen molar-refractivity contribution in [3.05, 3.63) is 72.1 Å². The predicted molar refractivity (Wildman–Crippen MR) is 93.6 cm³/mol. The lowest BCUT2D eigenvalue weighted by molar-refractivity contribution is 0.600. The summed E-state index contributed by atoms with van der Waals surface area (Å²) in [6.45, 7) is 0. The largest absolute Gasteiger partial charge is 0.256 e. The Balaban J connectivity index is 1.66. The van der Waals surface area contributed by atoms with E-state index >= 15 is 0 Å². The normalized spacial score (nSPS) is 11.0. The first-order chi connectivity index (χ1) is 12.1. The van der Waals surface area contributed by atoms with E-state index in [9.17, 15) is 8.42 Å². The van der Waals surface area contributed by atoms with E-state index in [1.807, 2.05) is 36.4 Å². The topological polar surface area (TPSA) is 101 Å². The Kier molecular flexibility index (Phi) is 4.77. The molecule has 1 heterocycles. The molecule has 0 saturated carbocycles. The first kappa shape index (κ1) is 16.7. The summed E-state index contributed by atoms with van der Waals surface area (Å²) in [5, 5.41) is 12.9. The van der Waals surface area contributed by atoms with Crippen LogP contribution in [0.5, 0.6) is 0 Å². The van der Waals surface area contributed by atoms with E-state index in [1.165, 1.54) is 11.0 Å². The number of aromatic nitrogens is 3. The molecule has 0 aliphatic heterocycles. The number of nitrogens with one attached hydrogen (secondary N) is 1. The minimum atomic E-state index is -3.54. The number of anilines is 1. The van der Waals surface area contributed by atoms with Crippen LogP contribution in [0.4, 0.5) is 5.95 Å². The minimum Gasteiger partial charge on any atom is -0.250 e. The van der Waals surface area contributed by atoms with Crippen molar-refractivity contribution < 1.29 is 8.42 Å². The van der Waals surface area contributed by atoms with Crippen LogP contribution in [-0.4, -0.2) is 28.9 Å². The molecule has 7 nitrogen and oxygen atoms in total. The van der Waals surface area contributed by atoms with Gasteiger partial charge in [-0.2, -0.15) is 10.2 Å². The monoisotopic (exact) mass is 353 g/mol. The van der Waals surface area contributed by atoms with Gasteiger partial charge in [0.1, 0.15) is 6.33 Å². The van der Waals surface area contributed by atoms with Gasteiger partial charge in [-0.15, -0.1) is 5.10 Å². The van der Waals surface area contributed by atoms with Crippen molar-refractivity contribution >= 4 is 16.0 Å². The molecule has 25 heavy (non-hydrogen) atoms. The van der Waals surface area contributed by atoms with E-state index in [4.69, 9.17) is 5.26 Å². The highest BCUT2D eigenvalue weighted by Crippen LogP contribution is 2.11. The average Bonchev–Trinajstić information content (AvgIpc) is 3.09. The van der Waals surface area contributed by atoms with E-state index in [0.29, 0.717) is 17.7 Å². The fourth-order valence-electron chi connectivity index (χ4n) is 2.21. The fourth-order valence-corrected chi connectivity index (χ4v) is 3.19. The van der Waals surface area contributed by atoms with Crippen LogP contribution >= 0.6 is 0 Å². The molecule has 0 radical (unpaired) electrons. The maximum absolute atomic E-state index is 12.2.